The molecule has 1 heterocycles. The standard InChI is InChI=1S/C15H29N2O4.H2O/c1-18-11-13-20-9-3-5-16-7-8-17(15-16)6-4-10-21-14-12-19-2;/h7-8,15H,3-6,9-14H2,1-2H3;1H2/q+1;/p-1. The Labute approximate surface area is 133 Å². The largest absolute Gasteiger partial charge is 0.870 e. The molecule has 0 aromatic carbocycles. The molecule has 0 fully saturated rings. The van der Waals surface area contributed by atoms with Crippen LogP contribution in [0.15, 0.2) is 18.7 Å². The zero-order valence-electron chi connectivity index (χ0n) is 13.8. The first-order valence-electron chi connectivity index (χ1n) is 7.55. The minimum Gasteiger partial charge on any atom is -0.870 e. The SMILES string of the molecule is COCCOCCCn1cc[n+](CCCOCCOC)c1.[OH-]. The number of methoxy groups -OCH3 is 2. The van der Waals surface area contributed by atoms with Gasteiger partial charge in [-0.1, -0.05) is 0 Å². The van der Waals surface area contributed by atoms with Crippen molar-refractivity contribution in [2.75, 3.05) is 53.9 Å². The summed E-state index contributed by atoms with van der Waals surface area (Å²) >= 11 is 0. The number of rotatable bonds is 14. The molecule has 7 nitrogen and oxygen atoms in total. The summed E-state index contributed by atoms with van der Waals surface area (Å²) in [5, 5.41) is 0. The van der Waals surface area contributed by atoms with E-state index in [2.05, 4.69) is 27.9 Å². The number of hydrogen-bond donors (Lipinski definition) is 0. The zero-order valence-corrected chi connectivity index (χ0v) is 13.8. The van der Waals surface area contributed by atoms with E-state index in [1.165, 1.54) is 0 Å². The van der Waals surface area contributed by atoms with Crippen LogP contribution in [-0.4, -0.2) is 63.9 Å². The predicted molar refractivity (Wildman–Crippen MR) is 81.2 cm³/mol. The summed E-state index contributed by atoms with van der Waals surface area (Å²) in [6.45, 7) is 6.17. The Bertz CT molecular complexity index is 316. The number of hydrogen-bond acceptors (Lipinski definition) is 5. The lowest BCUT2D eigenvalue weighted by molar-refractivity contribution is -0.697. The van der Waals surface area contributed by atoms with Crippen LogP contribution in [0.5, 0.6) is 0 Å². The Morgan fingerprint density at radius 3 is 2.14 bits per heavy atom. The summed E-state index contributed by atoms with van der Waals surface area (Å²) in [6, 6.07) is 0. The van der Waals surface area contributed by atoms with Gasteiger partial charge in [0, 0.05) is 27.1 Å². The van der Waals surface area contributed by atoms with E-state index < -0.39 is 0 Å². The van der Waals surface area contributed by atoms with Gasteiger partial charge < -0.3 is 24.4 Å². The molecule has 0 atom stereocenters. The fraction of sp³-hybridized carbons (Fsp3) is 0.800. The Balaban J connectivity index is 0.00000441. The van der Waals surface area contributed by atoms with Crippen molar-refractivity contribution < 1.29 is 29.0 Å². The fourth-order valence-corrected chi connectivity index (χ4v) is 1.89. The van der Waals surface area contributed by atoms with Crippen LogP contribution in [0.1, 0.15) is 12.8 Å². The third kappa shape index (κ3) is 10.7. The van der Waals surface area contributed by atoms with Gasteiger partial charge in [0.05, 0.1) is 52.7 Å². The molecule has 0 aliphatic heterocycles. The maximum absolute atomic E-state index is 5.44. The van der Waals surface area contributed by atoms with E-state index in [1.807, 2.05) is 0 Å². The van der Waals surface area contributed by atoms with Crippen LogP contribution in [0, 0.1) is 0 Å². The van der Waals surface area contributed by atoms with E-state index >= 15 is 0 Å². The highest BCUT2D eigenvalue weighted by Crippen LogP contribution is 1.92. The molecule has 130 valence electrons. The molecule has 22 heavy (non-hydrogen) atoms. The number of aromatic nitrogens is 2. The maximum Gasteiger partial charge on any atom is 0.243 e. The van der Waals surface area contributed by atoms with E-state index in [0.29, 0.717) is 26.4 Å². The van der Waals surface area contributed by atoms with Crippen LogP contribution < -0.4 is 4.57 Å². The van der Waals surface area contributed by atoms with Gasteiger partial charge in [0.15, 0.2) is 0 Å². The predicted octanol–water partition coefficient (Wildman–Crippen LogP) is 0.705. The molecule has 0 aliphatic rings. The van der Waals surface area contributed by atoms with Crippen molar-refractivity contribution in [3.8, 4) is 0 Å². The molecule has 0 saturated heterocycles. The van der Waals surface area contributed by atoms with Gasteiger partial charge in [0.1, 0.15) is 12.4 Å². The van der Waals surface area contributed by atoms with Crippen LogP contribution >= 0.6 is 0 Å². The van der Waals surface area contributed by atoms with E-state index in [9.17, 15) is 0 Å². The van der Waals surface area contributed by atoms with Crippen LogP contribution in [-0.2, 0) is 32.0 Å². The fourth-order valence-electron chi connectivity index (χ4n) is 1.89. The summed E-state index contributed by atoms with van der Waals surface area (Å²) in [7, 11) is 3.37. The van der Waals surface area contributed by atoms with Gasteiger partial charge in [-0.3, -0.25) is 0 Å². The van der Waals surface area contributed by atoms with Crippen molar-refractivity contribution in [1.29, 1.82) is 0 Å². The summed E-state index contributed by atoms with van der Waals surface area (Å²) < 4.78 is 25.1. The molecule has 1 aromatic rings. The van der Waals surface area contributed by atoms with Gasteiger partial charge in [-0.15, -0.1) is 0 Å². The Hall–Kier alpha value is -0.990. The number of nitrogens with zero attached hydrogens (tertiary/aromatic N) is 2. The highest BCUT2D eigenvalue weighted by Gasteiger charge is 2.03. The smallest absolute Gasteiger partial charge is 0.243 e. The van der Waals surface area contributed by atoms with Crippen LogP contribution in [0.25, 0.3) is 0 Å². The molecule has 1 rings (SSSR count). The lowest BCUT2D eigenvalue weighted by Crippen LogP contribution is -2.31. The van der Waals surface area contributed by atoms with Gasteiger partial charge in [-0.25, -0.2) is 9.13 Å². The molecule has 0 saturated carbocycles. The van der Waals surface area contributed by atoms with Crippen LogP contribution in [0.3, 0.4) is 0 Å². The zero-order chi connectivity index (χ0) is 15.2. The van der Waals surface area contributed by atoms with Crippen LogP contribution in [0.4, 0.5) is 0 Å². The average molecular weight is 318 g/mol. The molecule has 0 spiro atoms. The van der Waals surface area contributed by atoms with Gasteiger partial charge in [0.25, 0.3) is 0 Å². The third-order valence-corrected chi connectivity index (χ3v) is 3.02. The second-order valence-electron chi connectivity index (χ2n) is 4.81. The Kier molecular flexibility index (Phi) is 14.3. The number of ether oxygens (including phenoxy) is 4. The van der Waals surface area contributed by atoms with Crippen molar-refractivity contribution in [3.05, 3.63) is 18.7 Å². The molecule has 7 heteroatoms. The molecular formula is C15H30N2O5. The second kappa shape index (κ2) is 14.9. The molecule has 0 amide bonds. The summed E-state index contributed by atoms with van der Waals surface area (Å²) in [5.41, 5.74) is 0. The highest BCUT2D eigenvalue weighted by molar-refractivity contribution is 4.66. The van der Waals surface area contributed by atoms with Crippen molar-refractivity contribution in [3.63, 3.8) is 0 Å². The molecule has 1 N–H and O–H groups in total. The van der Waals surface area contributed by atoms with Gasteiger partial charge in [-0.05, 0) is 0 Å². The molecule has 0 unspecified atom stereocenters. The topological polar surface area (TPSA) is 75.7 Å². The highest BCUT2D eigenvalue weighted by atomic mass is 16.5. The van der Waals surface area contributed by atoms with E-state index in [0.717, 1.165) is 39.1 Å². The molecular weight excluding hydrogens is 288 g/mol. The van der Waals surface area contributed by atoms with E-state index in [1.54, 1.807) is 14.2 Å². The second-order valence-corrected chi connectivity index (χ2v) is 4.81. The minimum absolute atomic E-state index is 0. The van der Waals surface area contributed by atoms with Crippen molar-refractivity contribution in [2.24, 2.45) is 0 Å². The summed E-state index contributed by atoms with van der Waals surface area (Å²) in [4.78, 5) is 0. The molecule has 0 aliphatic carbocycles. The molecule has 0 bridgehead atoms. The van der Waals surface area contributed by atoms with Gasteiger partial charge in [-0.2, -0.15) is 0 Å². The normalized spacial score (nSPS) is 10.6. The lowest BCUT2D eigenvalue weighted by Gasteiger charge is -2.02. The molecule has 0 radical (unpaired) electrons. The van der Waals surface area contributed by atoms with Gasteiger partial charge in [0.2, 0.25) is 6.33 Å². The summed E-state index contributed by atoms with van der Waals surface area (Å²) in [5.74, 6) is 0. The summed E-state index contributed by atoms with van der Waals surface area (Å²) in [6.07, 6.45) is 8.35. The first-order chi connectivity index (χ1) is 10.4. The number of imidazole rings is 1. The quantitative estimate of drug-likeness (QED) is 0.373. The maximum atomic E-state index is 5.44. The Morgan fingerprint density at radius 2 is 1.50 bits per heavy atom. The van der Waals surface area contributed by atoms with E-state index in [-0.39, 0.29) is 5.48 Å². The molecule has 1 aromatic heterocycles. The first kappa shape index (κ1) is 21.0. The third-order valence-electron chi connectivity index (χ3n) is 3.02. The van der Waals surface area contributed by atoms with E-state index in [4.69, 9.17) is 18.9 Å². The number of aryl methyl sites for hydroxylation is 2. The van der Waals surface area contributed by atoms with Crippen molar-refractivity contribution >= 4 is 0 Å². The first-order valence-corrected chi connectivity index (χ1v) is 7.55. The van der Waals surface area contributed by atoms with Crippen molar-refractivity contribution in [2.45, 2.75) is 25.9 Å². The minimum atomic E-state index is 0. The lowest BCUT2D eigenvalue weighted by atomic mass is 10.4. The van der Waals surface area contributed by atoms with Crippen LogP contribution in [0.2, 0.25) is 0 Å². The van der Waals surface area contributed by atoms with Gasteiger partial charge >= 0.3 is 0 Å². The Morgan fingerprint density at radius 1 is 0.864 bits per heavy atom. The monoisotopic (exact) mass is 318 g/mol. The van der Waals surface area contributed by atoms with Crippen molar-refractivity contribution in [1.82, 2.24) is 4.57 Å². The average Bonchev–Trinajstić information content (AvgIpc) is 2.94.